The topological polar surface area (TPSA) is 37.5 Å². The summed E-state index contributed by atoms with van der Waals surface area (Å²) in [5, 5.41) is 9.23. The van der Waals surface area contributed by atoms with Gasteiger partial charge in [0.15, 0.2) is 0 Å². The van der Waals surface area contributed by atoms with Gasteiger partial charge in [0.1, 0.15) is 19.2 Å². The largest absolute Gasteiger partial charge is 0.416 e. The molecule has 1 aliphatic heterocycles. The second kappa shape index (κ2) is 5.59. The summed E-state index contributed by atoms with van der Waals surface area (Å²) in [4.78, 5) is 0.952. The van der Waals surface area contributed by atoms with Gasteiger partial charge in [-0.15, -0.1) is 0 Å². The van der Waals surface area contributed by atoms with Gasteiger partial charge in [-0.2, -0.15) is 18.4 Å². The van der Waals surface area contributed by atoms with Crippen LogP contribution in [0.5, 0.6) is 0 Å². The maximum Gasteiger partial charge on any atom is 0.416 e. The van der Waals surface area contributed by atoms with Crippen LogP contribution in [0.4, 0.5) is 13.2 Å². The molecule has 1 atom stereocenters. The van der Waals surface area contributed by atoms with Crippen LogP contribution in [-0.2, 0) is 10.9 Å². The summed E-state index contributed by atoms with van der Waals surface area (Å²) in [5.74, 6) is 0. The molecule has 1 aromatic carbocycles. The van der Waals surface area contributed by atoms with E-state index < -0.39 is 17.8 Å². The van der Waals surface area contributed by atoms with E-state index in [4.69, 9.17) is 4.74 Å². The number of quaternary nitrogens is 1. The van der Waals surface area contributed by atoms with Gasteiger partial charge in [0.2, 0.25) is 6.04 Å². The van der Waals surface area contributed by atoms with E-state index in [1.54, 1.807) is 6.07 Å². The third-order valence-electron chi connectivity index (χ3n) is 3.22. The Morgan fingerprint density at radius 1 is 1.26 bits per heavy atom. The Morgan fingerprint density at radius 3 is 2.53 bits per heavy atom. The van der Waals surface area contributed by atoms with Gasteiger partial charge in [-0.05, 0) is 12.1 Å². The van der Waals surface area contributed by atoms with Crippen LogP contribution in [0, 0.1) is 11.3 Å². The third-order valence-corrected chi connectivity index (χ3v) is 3.22. The molecule has 3 nitrogen and oxygen atoms in total. The van der Waals surface area contributed by atoms with Gasteiger partial charge in [0.05, 0.1) is 18.8 Å². The van der Waals surface area contributed by atoms with Crippen molar-refractivity contribution in [3.8, 4) is 6.07 Å². The molecule has 0 bridgehead atoms. The number of halogens is 3. The van der Waals surface area contributed by atoms with E-state index in [-0.39, 0.29) is 0 Å². The molecule has 0 amide bonds. The van der Waals surface area contributed by atoms with Gasteiger partial charge in [-0.25, -0.2) is 0 Å². The number of rotatable bonds is 2. The van der Waals surface area contributed by atoms with Crippen LogP contribution >= 0.6 is 0 Å². The monoisotopic (exact) mass is 271 g/mol. The van der Waals surface area contributed by atoms with Crippen molar-refractivity contribution in [1.82, 2.24) is 0 Å². The zero-order valence-electron chi connectivity index (χ0n) is 10.2. The Bertz CT molecular complexity index is 476. The molecular weight excluding hydrogens is 257 g/mol. The fraction of sp³-hybridized carbons (Fsp3) is 0.462. The molecule has 2 rings (SSSR count). The van der Waals surface area contributed by atoms with E-state index in [1.165, 1.54) is 6.07 Å². The highest BCUT2D eigenvalue weighted by molar-refractivity contribution is 5.29. The molecule has 0 aliphatic carbocycles. The number of alkyl halides is 3. The summed E-state index contributed by atoms with van der Waals surface area (Å²) in [6, 6.07) is 6.54. The number of ether oxygens (including phenoxy) is 1. The Labute approximate surface area is 109 Å². The predicted molar refractivity (Wildman–Crippen MR) is 61.3 cm³/mol. The van der Waals surface area contributed by atoms with Gasteiger partial charge < -0.3 is 9.64 Å². The smallest absolute Gasteiger partial charge is 0.370 e. The predicted octanol–water partition coefficient (Wildman–Crippen LogP) is 1.19. The van der Waals surface area contributed by atoms with Crippen LogP contribution in [0.3, 0.4) is 0 Å². The highest BCUT2D eigenvalue weighted by Gasteiger charge is 2.33. The average Bonchev–Trinajstić information content (AvgIpc) is 2.40. The van der Waals surface area contributed by atoms with Crippen molar-refractivity contribution in [2.75, 3.05) is 26.3 Å². The molecule has 0 radical (unpaired) electrons. The van der Waals surface area contributed by atoms with Crippen molar-refractivity contribution in [3.63, 3.8) is 0 Å². The first-order valence-electron chi connectivity index (χ1n) is 6.01. The average molecular weight is 271 g/mol. The molecule has 0 unspecified atom stereocenters. The van der Waals surface area contributed by atoms with E-state index >= 15 is 0 Å². The molecule has 0 saturated carbocycles. The maximum atomic E-state index is 12.7. The molecule has 1 aliphatic rings. The molecule has 19 heavy (non-hydrogen) atoms. The van der Waals surface area contributed by atoms with Gasteiger partial charge in [0.25, 0.3) is 0 Å². The Balaban J connectivity index is 2.26. The fourth-order valence-corrected chi connectivity index (χ4v) is 2.22. The Morgan fingerprint density at radius 2 is 1.95 bits per heavy atom. The number of nitriles is 1. The summed E-state index contributed by atoms with van der Waals surface area (Å²) >= 11 is 0. The van der Waals surface area contributed by atoms with Crippen molar-refractivity contribution < 1.29 is 22.8 Å². The van der Waals surface area contributed by atoms with Crippen LogP contribution < -0.4 is 4.90 Å². The van der Waals surface area contributed by atoms with Crippen molar-refractivity contribution >= 4 is 0 Å². The normalized spacial score (nSPS) is 18.8. The molecule has 6 heteroatoms. The molecule has 1 fully saturated rings. The highest BCUT2D eigenvalue weighted by atomic mass is 19.4. The van der Waals surface area contributed by atoms with Crippen molar-refractivity contribution in [2.24, 2.45) is 0 Å². The summed E-state index contributed by atoms with van der Waals surface area (Å²) in [5.41, 5.74) is -0.299. The van der Waals surface area contributed by atoms with Crippen LogP contribution in [-0.4, -0.2) is 26.3 Å². The van der Waals surface area contributed by atoms with E-state index in [9.17, 15) is 18.4 Å². The lowest BCUT2D eigenvalue weighted by Gasteiger charge is -2.27. The lowest BCUT2D eigenvalue weighted by Crippen LogP contribution is -3.14. The highest BCUT2D eigenvalue weighted by Crippen LogP contribution is 2.30. The summed E-state index contributed by atoms with van der Waals surface area (Å²) in [7, 11) is 0. The second-order valence-electron chi connectivity index (χ2n) is 4.46. The van der Waals surface area contributed by atoms with Crippen LogP contribution in [0.15, 0.2) is 24.3 Å². The van der Waals surface area contributed by atoms with Crippen LogP contribution in [0.1, 0.15) is 17.2 Å². The lowest BCUT2D eigenvalue weighted by atomic mass is 10.0. The zero-order chi connectivity index (χ0) is 13.9. The zero-order valence-corrected chi connectivity index (χ0v) is 10.2. The van der Waals surface area contributed by atoms with E-state index in [1.807, 2.05) is 0 Å². The molecule has 1 aromatic rings. The molecule has 1 heterocycles. The van der Waals surface area contributed by atoms with E-state index in [0.29, 0.717) is 31.9 Å². The summed E-state index contributed by atoms with van der Waals surface area (Å²) in [6.07, 6.45) is -4.38. The van der Waals surface area contributed by atoms with Crippen molar-refractivity contribution in [2.45, 2.75) is 12.2 Å². The van der Waals surface area contributed by atoms with Gasteiger partial charge in [-0.3, -0.25) is 0 Å². The molecule has 0 aromatic heterocycles. The summed E-state index contributed by atoms with van der Waals surface area (Å²) < 4.78 is 43.2. The van der Waals surface area contributed by atoms with Crippen LogP contribution in [0.2, 0.25) is 0 Å². The molecule has 1 saturated heterocycles. The maximum absolute atomic E-state index is 12.7. The second-order valence-corrected chi connectivity index (χ2v) is 4.46. The molecule has 1 N–H and O–H groups in total. The van der Waals surface area contributed by atoms with E-state index in [2.05, 4.69) is 6.07 Å². The van der Waals surface area contributed by atoms with E-state index in [0.717, 1.165) is 17.0 Å². The Hall–Kier alpha value is -1.58. The number of hydrogen-bond donors (Lipinski definition) is 1. The minimum Gasteiger partial charge on any atom is -0.370 e. The first kappa shape index (κ1) is 13.8. The minimum atomic E-state index is -4.38. The van der Waals surface area contributed by atoms with Crippen molar-refractivity contribution in [1.29, 1.82) is 5.26 Å². The summed E-state index contributed by atoms with van der Waals surface area (Å²) in [6.45, 7) is 2.34. The number of nitrogens with zero attached hydrogens (tertiary/aromatic N) is 1. The molecule has 102 valence electrons. The molecular formula is C13H14F3N2O+. The van der Waals surface area contributed by atoms with Gasteiger partial charge in [0, 0.05) is 5.56 Å². The number of benzene rings is 1. The minimum absolute atomic E-state index is 0.411. The number of morpholine rings is 1. The van der Waals surface area contributed by atoms with Crippen molar-refractivity contribution in [3.05, 3.63) is 35.4 Å². The first-order chi connectivity index (χ1) is 9.02. The van der Waals surface area contributed by atoms with Gasteiger partial charge in [-0.1, -0.05) is 12.1 Å². The quantitative estimate of drug-likeness (QED) is 0.877. The molecule has 0 spiro atoms. The standard InChI is InChI=1S/C13H13F3N2O/c14-13(15,16)11-3-1-2-10(8-11)12(9-17)18-4-6-19-7-5-18/h1-3,8,12H,4-7H2/p+1/t12-/m1/s1. The number of nitrogens with one attached hydrogen (secondary N) is 1. The number of hydrogen-bond acceptors (Lipinski definition) is 2. The SMILES string of the molecule is N#C[C@H](c1cccc(C(F)(F)F)c1)[NH+]1CCOCC1. The lowest BCUT2D eigenvalue weighted by molar-refractivity contribution is -0.930. The Kier molecular flexibility index (Phi) is 4.08. The van der Waals surface area contributed by atoms with Crippen LogP contribution in [0.25, 0.3) is 0 Å². The third kappa shape index (κ3) is 3.25. The first-order valence-corrected chi connectivity index (χ1v) is 6.01. The van der Waals surface area contributed by atoms with Gasteiger partial charge >= 0.3 is 6.18 Å². The fourth-order valence-electron chi connectivity index (χ4n) is 2.22.